The van der Waals surface area contributed by atoms with Crippen LogP contribution in [-0.2, 0) is 14.3 Å². The van der Waals surface area contributed by atoms with Gasteiger partial charge in [0.15, 0.2) is 0 Å². The molecule has 2 heterocycles. The smallest absolute Gasteiger partial charge is 0.240 e. The molecule has 2 N–H and O–H groups in total. The van der Waals surface area contributed by atoms with Gasteiger partial charge in [0, 0.05) is 31.5 Å². The van der Waals surface area contributed by atoms with Crippen molar-refractivity contribution in [2.75, 3.05) is 19.7 Å². The molecule has 1 aromatic rings. The van der Waals surface area contributed by atoms with Gasteiger partial charge in [-0.15, -0.1) is 12.4 Å². The van der Waals surface area contributed by atoms with Crippen molar-refractivity contribution in [3.63, 3.8) is 0 Å². The molecule has 3 unspecified atom stereocenters. The maximum absolute atomic E-state index is 12.5. The summed E-state index contributed by atoms with van der Waals surface area (Å²) >= 11 is 0. The molecule has 2 saturated heterocycles. The number of amides is 2. The molecule has 5 atom stereocenters. The van der Waals surface area contributed by atoms with E-state index in [9.17, 15) is 9.59 Å². The van der Waals surface area contributed by atoms with Gasteiger partial charge < -0.3 is 20.3 Å². The fourth-order valence-electron chi connectivity index (χ4n) is 4.05. The Morgan fingerprint density at radius 3 is 2.81 bits per heavy atom. The first-order valence-corrected chi connectivity index (χ1v) is 9.13. The topological polar surface area (TPSA) is 70.7 Å². The first kappa shape index (κ1) is 19.1. The van der Waals surface area contributed by atoms with Crippen molar-refractivity contribution in [3.05, 3.63) is 35.9 Å². The number of nitrogens with one attached hydrogen (secondary N) is 2. The highest BCUT2D eigenvalue weighted by Gasteiger charge is 2.48. The fraction of sp³-hybridized carbons (Fsp3) is 0.579. The predicted octanol–water partition coefficient (Wildman–Crippen LogP) is 1.06. The fourth-order valence-corrected chi connectivity index (χ4v) is 4.05. The van der Waals surface area contributed by atoms with Gasteiger partial charge in [0.2, 0.25) is 11.8 Å². The normalized spacial score (nSPS) is 33.5. The number of rotatable bonds is 4. The SMILES string of the molecule is C[C@H]1OCCN[C@@H]1C(=O)NC1CC(=O)N(C2CC2c2ccccc2)C1.Cl. The van der Waals surface area contributed by atoms with E-state index in [0.717, 1.165) is 6.42 Å². The summed E-state index contributed by atoms with van der Waals surface area (Å²) in [5.74, 6) is 0.518. The number of hydrogen-bond acceptors (Lipinski definition) is 4. The molecular formula is C19H26ClN3O3. The third kappa shape index (κ3) is 3.87. The van der Waals surface area contributed by atoms with E-state index >= 15 is 0 Å². The van der Waals surface area contributed by atoms with Crippen LogP contribution in [0, 0.1) is 0 Å². The Kier molecular flexibility index (Phi) is 5.85. The van der Waals surface area contributed by atoms with Crippen molar-refractivity contribution in [3.8, 4) is 0 Å². The maximum Gasteiger partial charge on any atom is 0.240 e. The van der Waals surface area contributed by atoms with E-state index in [1.165, 1.54) is 5.56 Å². The number of ether oxygens (including phenoxy) is 1. The van der Waals surface area contributed by atoms with Crippen LogP contribution < -0.4 is 10.6 Å². The van der Waals surface area contributed by atoms with Crippen LogP contribution in [0.5, 0.6) is 0 Å². The summed E-state index contributed by atoms with van der Waals surface area (Å²) in [6.45, 7) is 3.82. The highest BCUT2D eigenvalue weighted by molar-refractivity contribution is 5.86. The van der Waals surface area contributed by atoms with Gasteiger partial charge in [0.1, 0.15) is 6.04 Å². The first-order valence-electron chi connectivity index (χ1n) is 9.13. The summed E-state index contributed by atoms with van der Waals surface area (Å²) in [5, 5.41) is 6.23. The number of halogens is 1. The molecular weight excluding hydrogens is 354 g/mol. The van der Waals surface area contributed by atoms with Crippen molar-refractivity contribution in [2.24, 2.45) is 0 Å². The molecule has 0 aromatic heterocycles. The number of benzene rings is 1. The van der Waals surface area contributed by atoms with Crippen molar-refractivity contribution >= 4 is 24.2 Å². The lowest BCUT2D eigenvalue weighted by Crippen LogP contribution is -2.57. The Morgan fingerprint density at radius 1 is 1.31 bits per heavy atom. The largest absolute Gasteiger partial charge is 0.375 e. The number of morpholine rings is 1. The van der Waals surface area contributed by atoms with Gasteiger partial charge in [-0.1, -0.05) is 30.3 Å². The Balaban J connectivity index is 0.00000196. The molecule has 0 radical (unpaired) electrons. The molecule has 26 heavy (non-hydrogen) atoms. The zero-order chi connectivity index (χ0) is 17.4. The van der Waals surface area contributed by atoms with E-state index in [1.807, 2.05) is 30.0 Å². The lowest BCUT2D eigenvalue weighted by molar-refractivity contribution is -0.129. The van der Waals surface area contributed by atoms with Gasteiger partial charge in [0.25, 0.3) is 0 Å². The van der Waals surface area contributed by atoms with Crippen LogP contribution in [-0.4, -0.2) is 60.6 Å². The van der Waals surface area contributed by atoms with E-state index in [-0.39, 0.29) is 48.5 Å². The lowest BCUT2D eigenvalue weighted by Gasteiger charge is -2.30. The van der Waals surface area contributed by atoms with Crippen LogP contribution in [0.15, 0.2) is 30.3 Å². The molecule has 4 rings (SSSR count). The minimum absolute atomic E-state index is 0. The molecule has 1 aliphatic carbocycles. The zero-order valence-electron chi connectivity index (χ0n) is 14.9. The molecule has 142 valence electrons. The molecule has 0 spiro atoms. The molecule has 3 fully saturated rings. The molecule has 2 aliphatic heterocycles. The molecule has 7 heteroatoms. The van der Waals surface area contributed by atoms with E-state index in [0.29, 0.717) is 32.0 Å². The molecule has 2 amide bonds. The second-order valence-corrected chi connectivity index (χ2v) is 7.28. The third-order valence-electron chi connectivity index (χ3n) is 5.49. The number of carbonyl (C=O) groups excluding carboxylic acids is 2. The van der Waals surface area contributed by atoms with Crippen LogP contribution in [0.4, 0.5) is 0 Å². The van der Waals surface area contributed by atoms with Crippen LogP contribution >= 0.6 is 12.4 Å². The highest BCUT2D eigenvalue weighted by Crippen LogP contribution is 2.45. The predicted molar refractivity (Wildman–Crippen MR) is 100 cm³/mol. The van der Waals surface area contributed by atoms with Gasteiger partial charge >= 0.3 is 0 Å². The summed E-state index contributed by atoms with van der Waals surface area (Å²) in [7, 11) is 0. The van der Waals surface area contributed by atoms with Crippen LogP contribution in [0.3, 0.4) is 0 Å². The first-order chi connectivity index (χ1) is 12.1. The maximum atomic E-state index is 12.5. The second-order valence-electron chi connectivity index (χ2n) is 7.28. The summed E-state index contributed by atoms with van der Waals surface area (Å²) in [6.07, 6.45) is 1.27. The van der Waals surface area contributed by atoms with Gasteiger partial charge in [-0.3, -0.25) is 9.59 Å². The Bertz CT molecular complexity index is 657. The van der Waals surface area contributed by atoms with Crippen molar-refractivity contribution in [1.29, 1.82) is 0 Å². The van der Waals surface area contributed by atoms with Crippen molar-refractivity contribution in [2.45, 2.75) is 49.9 Å². The van der Waals surface area contributed by atoms with Gasteiger partial charge in [0.05, 0.1) is 18.8 Å². The third-order valence-corrected chi connectivity index (χ3v) is 5.49. The standard InChI is InChI=1S/C19H25N3O3.ClH/c1-12-18(20-7-8-25-12)19(24)21-14-9-17(23)22(11-14)16-10-15(16)13-5-3-2-4-6-13;/h2-6,12,14-16,18,20H,7-11H2,1H3,(H,21,24);1H/t12-,14?,15?,16?,18+;/m1./s1. The average Bonchev–Trinajstić information content (AvgIpc) is 3.33. The Morgan fingerprint density at radius 2 is 2.08 bits per heavy atom. The Labute approximate surface area is 160 Å². The number of nitrogens with zero attached hydrogens (tertiary/aromatic N) is 1. The van der Waals surface area contributed by atoms with Gasteiger partial charge in [-0.2, -0.15) is 0 Å². The van der Waals surface area contributed by atoms with Crippen LogP contribution in [0.25, 0.3) is 0 Å². The Hall–Kier alpha value is -1.63. The van der Waals surface area contributed by atoms with E-state index in [4.69, 9.17) is 4.74 Å². The van der Waals surface area contributed by atoms with Gasteiger partial charge in [-0.25, -0.2) is 0 Å². The molecule has 1 aromatic carbocycles. The van der Waals surface area contributed by atoms with E-state index in [2.05, 4.69) is 22.8 Å². The van der Waals surface area contributed by atoms with Crippen LogP contribution in [0.1, 0.15) is 31.2 Å². The minimum atomic E-state index is -0.337. The monoisotopic (exact) mass is 379 g/mol. The quantitative estimate of drug-likeness (QED) is 0.820. The molecule has 1 saturated carbocycles. The van der Waals surface area contributed by atoms with Gasteiger partial charge in [-0.05, 0) is 18.9 Å². The minimum Gasteiger partial charge on any atom is -0.375 e. The second kappa shape index (κ2) is 7.94. The summed E-state index contributed by atoms with van der Waals surface area (Å²) in [6, 6.07) is 10.2. The molecule has 3 aliphatic rings. The average molecular weight is 380 g/mol. The molecule has 0 bridgehead atoms. The van der Waals surface area contributed by atoms with E-state index in [1.54, 1.807) is 0 Å². The van der Waals surface area contributed by atoms with Crippen molar-refractivity contribution in [1.82, 2.24) is 15.5 Å². The van der Waals surface area contributed by atoms with Crippen molar-refractivity contribution < 1.29 is 14.3 Å². The van der Waals surface area contributed by atoms with E-state index < -0.39 is 0 Å². The molecule has 6 nitrogen and oxygen atoms in total. The summed E-state index contributed by atoms with van der Waals surface area (Å²) < 4.78 is 5.53. The lowest BCUT2D eigenvalue weighted by atomic mass is 10.1. The van der Waals surface area contributed by atoms with Crippen LogP contribution in [0.2, 0.25) is 0 Å². The number of likely N-dealkylation sites (tertiary alicyclic amines) is 1. The highest BCUT2D eigenvalue weighted by atomic mass is 35.5. The summed E-state index contributed by atoms with van der Waals surface area (Å²) in [5.41, 5.74) is 1.30. The number of hydrogen-bond donors (Lipinski definition) is 2. The summed E-state index contributed by atoms with van der Waals surface area (Å²) in [4.78, 5) is 26.8. The number of carbonyl (C=O) groups is 2. The zero-order valence-corrected chi connectivity index (χ0v) is 15.7.